The highest BCUT2D eigenvalue weighted by molar-refractivity contribution is 5.85. The van der Waals surface area contributed by atoms with E-state index in [1.807, 2.05) is 18.2 Å². The molecule has 2 nitrogen and oxygen atoms in total. The van der Waals surface area contributed by atoms with E-state index < -0.39 is 11.8 Å². The van der Waals surface area contributed by atoms with Crippen molar-refractivity contribution in [3.05, 3.63) is 48.3 Å². The Labute approximate surface area is 132 Å². The van der Waals surface area contributed by atoms with Crippen LogP contribution in [0.25, 0.3) is 0 Å². The smallest absolute Gasteiger partial charge is 0.366 e. The first-order valence-corrected chi connectivity index (χ1v) is 7.93. The first-order chi connectivity index (χ1) is 10.3. The Bertz CT molecular complexity index is 536. The van der Waals surface area contributed by atoms with Gasteiger partial charge in [-0.25, -0.2) is 4.79 Å². The average Bonchev–Trinajstić information content (AvgIpc) is 2.47. The summed E-state index contributed by atoms with van der Waals surface area (Å²) < 4.78 is 18.5. The van der Waals surface area contributed by atoms with Crippen LogP contribution in [0.4, 0.5) is 4.39 Å². The largest absolute Gasteiger partial charge is 0.457 e. The monoisotopic (exact) mass is 304 g/mol. The number of benzene rings is 1. The quantitative estimate of drug-likeness (QED) is 0.590. The number of hydrogen-bond donors (Lipinski definition) is 0. The van der Waals surface area contributed by atoms with E-state index in [0.717, 1.165) is 19.3 Å². The van der Waals surface area contributed by atoms with E-state index >= 15 is 0 Å². The maximum absolute atomic E-state index is 13.0. The van der Waals surface area contributed by atoms with Crippen LogP contribution in [-0.2, 0) is 14.9 Å². The number of carbonyl (C=O) groups excluding carboxylic acids is 1. The van der Waals surface area contributed by atoms with Crippen LogP contribution in [0.2, 0.25) is 0 Å². The van der Waals surface area contributed by atoms with Crippen molar-refractivity contribution in [1.29, 1.82) is 0 Å². The van der Waals surface area contributed by atoms with Crippen molar-refractivity contribution >= 4 is 5.97 Å². The normalized spacial score (nSPS) is 25.5. The molecule has 1 fully saturated rings. The second-order valence-electron chi connectivity index (χ2n) is 6.96. The molecule has 1 aromatic rings. The third-order valence-corrected chi connectivity index (χ3v) is 4.98. The van der Waals surface area contributed by atoms with Gasteiger partial charge in [-0.1, -0.05) is 64.1 Å². The molecule has 0 aliphatic heterocycles. The van der Waals surface area contributed by atoms with E-state index in [0.29, 0.717) is 5.92 Å². The van der Waals surface area contributed by atoms with Crippen LogP contribution in [0.1, 0.15) is 45.6 Å². The minimum atomic E-state index is -1.02. The Morgan fingerprint density at radius 2 is 1.91 bits per heavy atom. The van der Waals surface area contributed by atoms with Gasteiger partial charge in [0.05, 0.1) is 0 Å². The standard InChI is InChI=1S/C19H25FO2/c1-13-10-11-16(17(12-13)22-18(21)14(2)20)19(3,4)15-8-6-5-7-9-15/h5-9,13,16-17H,2,10-12H2,1,3-4H3/t13-,16-,17?/m1/s1. The van der Waals surface area contributed by atoms with Gasteiger partial charge >= 0.3 is 5.97 Å². The Morgan fingerprint density at radius 3 is 2.50 bits per heavy atom. The molecule has 1 unspecified atom stereocenters. The van der Waals surface area contributed by atoms with Crippen LogP contribution in [0.15, 0.2) is 42.7 Å². The van der Waals surface area contributed by atoms with E-state index in [1.165, 1.54) is 5.56 Å². The maximum atomic E-state index is 13.0. The summed E-state index contributed by atoms with van der Waals surface area (Å²) >= 11 is 0. The van der Waals surface area contributed by atoms with Gasteiger partial charge in [0.25, 0.3) is 0 Å². The zero-order valence-electron chi connectivity index (χ0n) is 13.6. The predicted octanol–water partition coefficient (Wildman–Crippen LogP) is 4.80. The van der Waals surface area contributed by atoms with Gasteiger partial charge in [0, 0.05) is 5.92 Å². The number of rotatable bonds is 4. The molecule has 2 rings (SSSR count). The highest BCUT2D eigenvalue weighted by Gasteiger charge is 2.42. The fourth-order valence-electron chi connectivity index (χ4n) is 3.57. The number of esters is 1. The molecule has 1 aliphatic rings. The van der Waals surface area contributed by atoms with Crippen molar-refractivity contribution in [1.82, 2.24) is 0 Å². The van der Waals surface area contributed by atoms with Crippen LogP contribution >= 0.6 is 0 Å². The number of hydrogen-bond acceptors (Lipinski definition) is 2. The van der Waals surface area contributed by atoms with Crippen LogP contribution in [0.3, 0.4) is 0 Å². The lowest BCUT2D eigenvalue weighted by molar-refractivity contribution is -0.153. The van der Waals surface area contributed by atoms with E-state index in [4.69, 9.17) is 4.74 Å². The van der Waals surface area contributed by atoms with Gasteiger partial charge < -0.3 is 4.74 Å². The summed E-state index contributed by atoms with van der Waals surface area (Å²) in [6.07, 6.45) is 2.59. The summed E-state index contributed by atoms with van der Waals surface area (Å²) in [7, 11) is 0. The molecule has 0 bridgehead atoms. The first-order valence-electron chi connectivity index (χ1n) is 7.93. The molecule has 0 radical (unpaired) electrons. The highest BCUT2D eigenvalue weighted by atomic mass is 19.1. The van der Waals surface area contributed by atoms with E-state index in [2.05, 4.69) is 39.5 Å². The van der Waals surface area contributed by atoms with Crippen molar-refractivity contribution in [2.75, 3.05) is 0 Å². The number of ether oxygens (including phenoxy) is 1. The van der Waals surface area contributed by atoms with E-state index in [1.54, 1.807) is 0 Å². The van der Waals surface area contributed by atoms with E-state index in [-0.39, 0.29) is 17.4 Å². The van der Waals surface area contributed by atoms with Crippen molar-refractivity contribution in [3.8, 4) is 0 Å². The molecular weight excluding hydrogens is 279 g/mol. The molecule has 0 saturated heterocycles. The summed E-state index contributed by atoms with van der Waals surface area (Å²) in [4.78, 5) is 11.6. The molecule has 1 saturated carbocycles. The molecule has 22 heavy (non-hydrogen) atoms. The third kappa shape index (κ3) is 3.57. The Morgan fingerprint density at radius 1 is 1.27 bits per heavy atom. The highest BCUT2D eigenvalue weighted by Crippen LogP contribution is 2.43. The topological polar surface area (TPSA) is 26.3 Å². The Hall–Kier alpha value is -1.64. The zero-order chi connectivity index (χ0) is 16.3. The number of halogens is 1. The maximum Gasteiger partial charge on any atom is 0.366 e. The van der Waals surface area contributed by atoms with Gasteiger partial charge in [-0.05, 0) is 29.7 Å². The molecule has 1 aliphatic carbocycles. The van der Waals surface area contributed by atoms with Gasteiger partial charge in [-0.2, -0.15) is 4.39 Å². The molecule has 3 atom stereocenters. The summed E-state index contributed by atoms with van der Waals surface area (Å²) in [5, 5.41) is 0. The lowest BCUT2D eigenvalue weighted by Gasteiger charge is -2.43. The molecule has 1 aromatic carbocycles. The molecule has 0 heterocycles. The minimum absolute atomic E-state index is 0.135. The van der Waals surface area contributed by atoms with Gasteiger partial charge in [0.15, 0.2) is 0 Å². The first kappa shape index (κ1) is 16.7. The lowest BCUT2D eigenvalue weighted by Crippen LogP contribution is -2.43. The van der Waals surface area contributed by atoms with Crippen LogP contribution in [0.5, 0.6) is 0 Å². The average molecular weight is 304 g/mol. The second-order valence-corrected chi connectivity index (χ2v) is 6.96. The number of carbonyl (C=O) groups is 1. The van der Waals surface area contributed by atoms with Gasteiger partial charge in [-0.3, -0.25) is 0 Å². The van der Waals surface area contributed by atoms with Crippen LogP contribution in [0, 0.1) is 11.8 Å². The van der Waals surface area contributed by atoms with Crippen molar-refractivity contribution in [2.45, 2.75) is 51.6 Å². The fraction of sp³-hybridized carbons (Fsp3) is 0.526. The predicted molar refractivity (Wildman–Crippen MR) is 86.1 cm³/mol. The molecule has 120 valence electrons. The summed E-state index contributed by atoms with van der Waals surface area (Å²) in [6.45, 7) is 9.54. The van der Waals surface area contributed by atoms with Crippen molar-refractivity contribution in [2.24, 2.45) is 11.8 Å². The summed E-state index contributed by atoms with van der Waals surface area (Å²) in [5.41, 5.74) is 1.08. The van der Waals surface area contributed by atoms with Gasteiger partial charge in [0.1, 0.15) is 6.10 Å². The van der Waals surface area contributed by atoms with Gasteiger partial charge in [0.2, 0.25) is 5.83 Å². The second kappa shape index (κ2) is 6.64. The fourth-order valence-corrected chi connectivity index (χ4v) is 3.57. The third-order valence-electron chi connectivity index (χ3n) is 4.98. The van der Waals surface area contributed by atoms with Crippen molar-refractivity contribution in [3.63, 3.8) is 0 Å². The van der Waals surface area contributed by atoms with Crippen LogP contribution in [-0.4, -0.2) is 12.1 Å². The molecule has 0 N–H and O–H groups in total. The molecular formula is C19H25FO2. The molecule has 0 amide bonds. The van der Waals surface area contributed by atoms with Gasteiger partial charge in [-0.15, -0.1) is 0 Å². The van der Waals surface area contributed by atoms with Crippen LogP contribution < -0.4 is 0 Å². The SMILES string of the molecule is C=C(F)C(=O)OC1C[C@H](C)CC[C@H]1C(C)(C)c1ccccc1. The molecule has 3 heteroatoms. The Balaban J connectivity index is 2.25. The van der Waals surface area contributed by atoms with E-state index in [9.17, 15) is 9.18 Å². The molecule has 0 aromatic heterocycles. The zero-order valence-corrected chi connectivity index (χ0v) is 13.6. The summed E-state index contributed by atoms with van der Waals surface area (Å²) in [5.74, 6) is -1.29. The minimum Gasteiger partial charge on any atom is -0.457 e. The van der Waals surface area contributed by atoms with Crippen molar-refractivity contribution < 1.29 is 13.9 Å². The summed E-state index contributed by atoms with van der Waals surface area (Å²) in [6, 6.07) is 10.2. The Kier molecular flexibility index (Phi) is 5.05. The lowest BCUT2D eigenvalue weighted by atomic mass is 9.64. The molecule has 0 spiro atoms.